The van der Waals surface area contributed by atoms with Gasteiger partial charge in [0.1, 0.15) is 0 Å². The van der Waals surface area contributed by atoms with E-state index in [1.54, 1.807) is 13.8 Å². The van der Waals surface area contributed by atoms with Gasteiger partial charge in [0.25, 0.3) is 0 Å². The third-order valence-electron chi connectivity index (χ3n) is 1.80. The molecule has 0 aromatic carbocycles. The molecule has 1 saturated heterocycles. The van der Waals surface area contributed by atoms with E-state index >= 15 is 0 Å². The molecule has 1 unspecified atom stereocenters. The van der Waals surface area contributed by atoms with Gasteiger partial charge < -0.3 is 5.32 Å². The zero-order chi connectivity index (χ0) is 10.3. The minimum Gasteiger partial charge on any atom is -0.348 e. The monoisotopic (exact) mass is 196 g/mol. The van der Waals surface area contributed by atoms with E-state index in [4.69, 9.17) is 0 Å². The molecule has 76 valence electrons. The summed E-state index contributed by atoms with van der Waals surface area (Å²) in [6, 6.07) is -2.07. The number of hydrogen-bond acceptors (Lipinski definition) is 2. The van der Waals surface area contributed by atoms with Crippen LogP contribution in [0.5, 0.6) is 0 Å². The average molecular weight is 196 g/mol. The van der Waals surface area contributed by atoms with Gasteiger partial charge >= 0.3 is 6.18 Å². The molecule has 1 fully saturated rings. The van der Waals surface area contributed by atoms with E-state index in [1.807, 2.05) is 0 Å². The number of amides is 1. The largest absolute Gasteiger partial charge is 0.412 e. The summed E-state index contributed by atoms with van der Waals surface area (Å²) in [5.74, 6) is -1.01. The van der Waals surface area contributed by atoms with Crippen molar-refractivity contribution in [2.75, 3.05) is 6.54 Å². The van der Waals surface area contributed by atoms with Crippen LogP contribution in [0.25, 0.3) is 0 Å². The van der Waals surface area contributed by atoms with Crippen molar-refractivity contribution in [3.8, 4) is 0 Å². The first kappa shape index (κ1) is 10.3. The van der Waals surface area contributed by atoms with Gasteiger partial charge in [-0.1, -0.05) is 0 Å². The zero-order valence-electron chi connectivity index (χ0n) is 7.33. The maximum Gasteiger partial charge on any atom is 0.412 e. The molecule has 3 nitrogen and oxygen atoms in total. The second kappa shape index (κ2) is 2.87. The van der Waals surface area contributed by atoms with Crippen molar-refractivity contribution in [1.82, 2.24) is 10.6 Å². The number of carbonyl (C=O) groups is 1. The first-order valence-corrected chi connectivity index (χ1v) is 3.84. The van der Waals surface area contributed by atoms with Crippen LogP contribution in [-0.4, -0.2) is 30.2 Å². The van der Waals surface area contributed by atoms with Gasteiger partial charge in [0.2, 0.25) is 5.91 Å². The molecule has 0 aliphatic carbocycles. The highest BCUT2D eigenvalue weighted by molar-refractivity contribution is 5.84. The summed E-state index contributed by atoms with van der Waals surface area (Å²) in [6.45, 7) is 3.43. The number of hydrogen-bond donors (Lipinski definition) is 2. The highest BCUT2D eigenvalue weighted by Crippen LogP contribution is 2.23. The molecule has 2 N–H and O–H groups in total. The fourth-order valence-electron chi connectivity index (χ4n) is 1.16. The van der Waals surface area contributed by atoms with Crippen LogP contribution in [0.4, 0.5) is 13.2 Å². The molecular weight excluding hydrogens is 185 g/mol. The van der Waals surface area contributed by atoms with E-state index < -0.39 is 23.7 Å². The Balaban J connectivity index is 2.70. The average Bonchev–Trinajstić information content (AvgIpc) is 1.80. The third-order valence-corrected chi connectivity index (χ3v) is 1.80. The summed E-state index contributed by atoms with van der Waals surface area (Å²) < 4.78 is 36.4. The van der Waals surface area contributed by atoms with Crippen molar-refractivity contribution in [3.05, 3.63) is 0 Å². The van der Waals surface area contributed by atoms with Gasteiger partial charge in [0.05, 0.1) is 0 Å². The highest BCUT2D eigenvalue weighted by atomic mass is 19.4. The van der Waals surface area contributed by atoms with Crippen molar-refractivity contribution in [1.29, 1.82) is 0 Å². The van der Waals surface area contributed by atoms with Gasteiger partial charge in [0, 0.05) is 12.1 Å². The molecule has 1 aliphatic heterocycles. The second-order valence-electron chi connectivity index (χ2n) is 3.73. The summed E-state index contributed by atoms with van der Waals surface area (Å²) in [6.07, 6.45) is -4.51. The summed E-state index contributed by atoms with van der Waals surface area (Å²) in [5.41, 5.74) is -0.612. The van der Waals surface area contributed by atoms with Crippen LogP contribution in [0.2, 0.25) is 0 Å². The normalized spacial score (nSPS) is 28.4. The quantitative estimate of drug-likeness (QED) is 0.589. The van der Waals surface area contributed by atoms with Crippen LogP contribution in [0.1, 0.15) is 13.8 Å². The van der Waals surface area contributed by atoms with Crippen LogP contribution in [0.3, 0.4) is 0 Å². The lowest BCUT2D eigenvalue weighted by Gasteiger charge is -2.36. The number of piperazine rings is 1. The summed E-state index contributed by atoms with van der Waals surface area (Å²) in [5, 5.41) is 4.45. The van der Waals surface area contributed by atoms with Crippen LogP contribution >= 0.6 is 0 Å². The van der Waals surface area contributed by atoms with Gasteiger partial charge in [-0.15, -0.1) is 0 Å². The molecular formula is C7H11F3N2O. The van der Waals surface area contributed by atoms with Crippen molar-refractivity contribution in [2.45, 2.75) is 31.6 Å². The van der Waals surface area contributed by atoms with Crippen LogP contribution < -0.4 is 10.6 Å². The van der Waals surface area contributed by atoms with Gasteiger partial charge in [-0.2, -0.15) is 13.2 Å². The van der Waals surface area contributed by atoms with E-state index in [1.165, 1.54) is 0 Å². The third kappa shape index (κ3) is 2.33. The van der Waals surface area contributed by atoms with Crippen molar-refractivity contribution >= 4 is 5.91 Å². The Bertz CT molecular complexity index is 224. The van der Waals surface area contributed by atoms with Crippen molar-refractivity contribution in [2.24, 2.45) is 0 Å². The second-order valence-corrected chi connectivity index (χ2v) is 3.73. The number of halogens is 3. The lowest BCUT2D eigenvalue weighted by atomic mass is 10.0. The number of alkyl halides is 3. The molecule has 0 saturated carbocycles. The Morgan fingerprint density at radius 2 is 2.00 bits per heavy atom. The zero-order valence-corrected chi connectivity index (χ0v) is 7.33. The molecule has 0 bridgehead atoms. The maximum atomic E-state index is 12.1. The van der Waals surface area contributed by atoms with Gasteiger partial charge in [-0.05, 0) is 13.8 Å². The van der Waals surface area contributed by atoms with Crippen LogP contribution in [-0.2, 0) is 4.79 Å². The summed E-state index contributed by atoms with van der Waals surface area (Å²) in [7, 11) is 0. The first-order chi connectivity index (χ1) is 5.72. The van der Waals surface area contributed by atoms with E-state index in [0.717, 1.165) is 0 Å². The number of carbonyl (C=O) groups excluding carboxylic acids is 1. The van der Waals surface area contributed by atoms with E-state index in [0.29, 0.717) is 0 Å². The predicted octanol–water partition coefficient (Wildman–Crippen LogP) is 0.415. The van der Waals surface area contributed by atoms with Gasteiger partial charge in [0.15, 0.2) is 6.04 Å². The molecule has 1 rings (SSSR count). The van der Waals surface area contributed by atoms with Crippen LogP contribution in [0, 0.1) is 0 Å². The van der Waals surface area contributed by atoms with Crippen LogP contribution in [0.15, 0.2) is 0 Å². The Labute approximate surface area is 73.7 Å². The van der Waals surface area contributed by atoms with E-state index in [9.17, 15) is 18.0 Å². The number of rotatable bonds is 0. The van der Waals surface area contributed by atoms with Crippen molar-refractivity contribution < 1.29 is 18.0 Å². The Morgan fingerprint density at radius 1 is 1.46 bits per heavy atom. The topological polar surface area (TPSA) is 41.1 Å². The predicted molar refractivity (Wildman–Crippen MR) is 40.1 cm³/mol. The van der Waals surface area contributed by atoms with E-state index in [-0.39, 0.29) is 6.54 Å². The summed E-state index contributed by atoms with van der Waals surface area (Å²) >= 11 is 0. The maximum absolute atomic E-state index is 12.1. The standard InChI is InChI=1S/C7H11F3N2O/c1-6(2)3-11-4(5(13)12-6)7(8,9)10/h4,11H,3H2,1-2H3,(H,12,13). The first-order valence-electron chi connectivity index (χ1n) is 3.84. The Hall–Kier alpha value is -0.780. The molecule has 0 radical (unpaired) electrons. The molecule has 6 heteroatoms. The fraction of sp³-hybridized carbons (Fsp3) is 0.857. The van der Waals surface area contributed by atoms with Gasteiger partial charge in [-0.25, -0.2) is 0 Å². The highest BCUT2D eigenvalue weighted by Gasteiger charge is 2.48. The molecule has 13 heavy (non-hydrogen) atoms. The Kier molecular flexibility index (Phi) is 2.27. The van der Waals surface area contributed by atoms with Gasteiger partial charge in [-0.3, -0.25) is 10.1 Å². The lowest BCUT2D eigenvalue weighted by molar-refractivity contribution is -0.173. The molecule has 0 spiro atoms. The number of nitrogens with one attached hydrogen (secondary N) is 2. The lowest BCUT2D eigenvalue weighted by Crippen LogP contribution is -2.67. The van der Waals surface area contributed by atoms with E-state index in [2.05, 4.69) is 10.6 Å². The minimum absolute atomic E-state index is 0.114. The molecule has 1 aliphatic rings. The molecule has 0 aromatic heterocycles. The SMILES string of the molecule is CC1(C)CNC(C(F)(F)F)C(=O)N1. The molecule has 1 atom stereocenters. The fourth-order valence-corrected chi connectivity index (χ4v) is 1.16. The molecule has 0 aromatic rings. The Morgan fingerprint density at radius 3 is 2.38 bits per heavy atom. The molecule has 1 amide bonds. The van der Waals surface area contributed by atoms with Crippen molar-refractivity contribution in [3.63, 3.8) is 0 Å². The summed E-state index contributed by atoms with van der Waals surface area (Å²) in [4.78, 5) is 11.0. The minimum atomic E-state index is -4.51. The molecule has 1 heterocycles. The smallest absolute Gasteiger partial charge is 0.348 e.